The van der Waals surface area contributed by atoms with Gasteiger partial charge in [-0.3, -0.25) is 0 Å². The highest BCUT2D eigenvalue weighted by Gasteiger charge is 2.35. The molecule has 1 heterocycles. The van der Waals surface area contributed by atoms with Gasteiger partial charge in [-0.15, -0.1) is 0 Å². The van der Waals surface area contributed by atoms with Gasteiger partial charge in [-0.25, -0.2) is 9.97 Å². The lowest BCUT2D eigenvalue weighted by Gasteiger charge is -2.11. The highest BCUT2D eigenvalue weighted by molar-refractivity contribution is 5.20. The summed E-state index contributed by atoms with van der Waals surface area (Å²) in [6, 6.07) is 0. The van der Waals surface area contributed by atoms with Crippen molar-refractivity contribution in [3.05, 3.63) is 23.3 Å². The molecule has 98 valence electrons. The van der Waals surface area contributed by atoms with Crippen LogP contribution in [-0.4, -0.2) is 9.97 Å². The van der Waals surface area contributed by atoms with E-state index >= 15 is 0 Å². The summed E-state index contributed by atoms with van der Waals surface area (Å²) in [6.07, 6.45) is -0.832. The lowest BCUT2D eigenvalue weighted by atomic mass is 10.1. The highest BCUT2D eigenvalue weighted by Crippen LogP contribution is 2.30. The maximum atomic E-state index is 12.7. The third-order valence-corrected chi connectivity index (χ3v) is 2.18. The van der Waals surface area contributed by atoms with Gasteiger partial charge in [-0.1, -0.05) is 20.3 Å². The smallest absolute Gasteiger partial charge is 0.344 e. The van der Waals surface area contributed by atoms with Crippen molar-refractivity contribution in [1.82, 2.24) is 16.1 Å². The summed E-state index contributed by atoms with van der Waals surface area (Å²) in [5.74, 6) is 0.273. The van der Waals surface area contributed by atoms with Crippen molar-refractivity contribution in [3.63, 3.8) is 0 Å². The molecule has 0 aliphatic carbocycles. The third-order valence-electron chi connectivity index (χ3n) is 2.18. The molecule has 6 heteroatoms. The quantitative estimate of drug-likeness (QED) is 0.887. The molecule has 3 N–H and O–H groups in total. The average Bonchev–Trinajstić information content (AvgIpc) is 2.19. The van der Waals surface area contributed by atoms with Crippen molar-refractivity contribution >= 4 is 0 Å². The summed E-state index contributed by atoms with van der Waals surface area (Å²) in [5.41, 5.74) is -0.581. The average molecular weight is 249 g/mol. The largest absolute Gasteiger partial charge is 0.433 e. The minimum atomic E-state index is -4.38. The zero-order valence-electron chi connectivity index (χ0n) is 10.1. The fraction of sp³-hybridized carbons (Fsp3) is 0.636. The van der Waals surface area contributed by atoms with Gasteiger partial charge in [0.2, 0.25) is 0 Å². The van der Waals surface area contributed by atoms with Crippen LogP contribution in [0, 0.1) is 0 Å². The molecule has 0 spiro atoms. The number of hydrogen-bond donors (Lipinski definition) is 1. The highest BCUT2D eigenvalue weighted by atomic mass is 19.4. The Kier molecular flexibility index (Phi) is 6.09. The molecule has 17 heavy (non-hydrogen) atoms. The second-order valence-corrected chi connectivity index (χ2v) is 3.66. The maximum Gasteiger partial charge on any atom is 0.433 e. The number of aromatic nitrogens is 2. The standard InChI is InChI=1S/C11H15F3N2.H3N/c1-3-5-8-7-15-9(6-4-2)16-10(8)11(12,13)14;/h7H,3-6H2,1-2H3;1H3. The van der Waals surface area contributed by atoms with Crippen LogP contribution in [0.1, 0.15) is 43.8 Å². The molecular weight excluding hydrogens is 231 g/mol. The van der Waals surface area contributed by atoms with E-state index in [9.17, 15) is 13.2 Å². The first kappa shape index (κ1) is 15.8. The van der Waals surface area contributed by atoms with Crippen molar-refractivity contribution in [3.8, 4) is 0 Å². The van der Waals surface area contributed by atoms with Gasteiger partial charge in [0.25, 0.3) is 0 Å². The molecule has 3 nitrogen and oxygen atoms in total. The first-order valence-corrected chi connectivity index (χ1v) is 5.41. The molecule has 0 saturated carbocycles. The van der Waals surface area contributed by atoms with E-state index in [2.05, 4.69) is 9.97 Å². The molecule has 1 aromatic rings. The Hall–Kier alpha value is -1.17. The molecule has 1 aromatic heterocycles. The Balaban J connectivity index is 0.00000256. The number of rotatable bonds is 4. The number of hydrogen-bond acceptors (Lipinski definition) is 3. The summed E-state index contributed by atoms with van der Waals surface area (Å²) < 4.78 is 38.1. The fourth-order valence-corrected chi connectivity index (χ4v) is 1.49. The molecule has 0 bridgehead atoms. The Bertz CT molecular complexity index is 350. The number of alkyl halides is 3. The number of halogens is 3. The lowest BCUT2D eigenvalue weighted by Crippen LogP contribution is -2.14. The number of aryl methyl sites for hydroxylation is 2. The van der Waals surface area contributed by atoms with Crippen LogP contribution in [0.3, 0.4) is 0 Å². The van der Waals surface area contributed by atoms with Crippen LogP contribution in [0.2, 0.25) is 0 Å². The molecule has 0 saturated heterocycles. The van der Waals surface area contributed by atoms with E-state index in [1.807, 2.05) is 13.8 Å². The molecule has 0 aliphatic heterocycles. The van der Waals surface area contributed by atoms with Crippen LogP contribution in [0.15, 0.2) is 6.20 Å². The molecule has 0 radical (unpaired) electrons. The fourth-order valence-electron chi connectivity index (χ4n) is 1.49. The van der Waals surface area contributed by atoms with Crippen molar-refractivity contribution in [2.75, 3.05) is 0 Å². The third kappa shape index (κ3) is 4.30. The van der Waals surface area contributed by atoms with Gasteiger partial charge in [-0.2, -0.15) is 13.2 Å². The Labute approximate surface area is 99.1 Å². The Morgan fingerprint density at radius 1 is 1.12 bits per heavy atom. The van der Waals surface area contributed by atoms with Crippen LogP contribution in [0.25, 0.3) is 0 Å². The summed E-state index contributed by atoms with van der Waals surface area (Å²) in [4.78, 5) is 7.57. The van der Waals surface area contributed by atoms with Gasteiger partial charge in [0.15, 0.2) is 5.69 Å². The zero-order chi connectivity index (χ0) is 12.2. The van der Waals surface area contributed by atoms with E-state index in [0.717, 1.165) is 6.42 Å². The topological polar surface area (TPSA) is 60.8 Å². The SMILES string of the molecule is CCCc1ncc(CCC)c(C(F)(F)F)n1.N. The van der Waals surface area contributed by atoms with Gasteiger partial charge in [0, 0.05) is 18.2 Å². The molecule has 0 unspecified atom stereocenters. The summed E-state index contributed by atoms with van der Waals surface area (Å²) >= 11 is 0. The Morgan fingerprint density at radius 3 is 2.18 bits per heavy atom. The van der Waals surface area contributed by atoms with Gasteiger partial charge >= 0.3 is 6.18 Å². The second kappa shape index (κ2) is 6.54. The normalized spacial score (nSPS) is 11.1. The van der Waals surface area contributed by atoms with E-state index in [1.165, 1.54) is 6.20 Å². The minimum absolute atomic E-state index is 0. The Morgan fingerprint density at radius 2 is 1.71 bits per heavy atom. The van der Waals surface area contributed by atoms with Gasteiger partial charge < -0.3 is 6.15 Å². The van der Waals surface area contributed by atoms with Crippen molar-refractivity contribution in [1.29, 1.82) is 0 Å². The summed E-state index contributed by atoms with van der Waals surface area (Å²) in [5, 5.41) is 0. The first-order valence-electron chi connectivity index (χ1n) is 5.41. The van der Waals surface area contributed by atoms with Crippen molar-refractivity contribution in [2.45, 2.75) is 45.7 Å². The predicted molar refractivity (Wildman–Crippen MR) is 60.0 cm³/mol. The van der Waals surface area contributed by atoms with Crippen LogP contribution in [-0.2, 0) is 19.0 Å². The monoisotopic (exact) mass is 249 g/mol. The van der Waals surface area contributed by atoms with Crippen LogP contribution < -0.4 is 6.15 Å². The molecular formula is C11H18F3N3. The van der Waals surface area contributed by atoms with E-state index in [-0.39, 0.29) is 17.5 Å². The predicted octanol–water partition coefficient (Wildman–Crippen LogP) is 3.56. The molecule has 0 aromatic carbocycles. The van der Waals surface area contributed by atoms with Crippen molar-refractivity contribution in [2.24, 2.45) is 0 Å². The van der Waals surface area contributed by atoms with Gasteiger partial charge in [0.1, 0.15) is 5.82 Å². The number of nitrogens with zero attached hydrogens (tertiary/aromatic N) is 2. The van der Waals surface area contributed by atoms with E-state index in [0.29, 0.717) is 19.3 Å². The molecule has 1 rings (SSSR count). The van der Waals surface area contributed by atoms with E-state index in [1.54, 1.807) is 0 Å². The molecule has 0 fully saturated rings. The summed E-state index contributed by atoms with van der Waals surface area (Å²) in [7, 11) is 0. The molecule has 0 aliphatic rings. The van der Waals surface area contributed by atoms with E-state index in [4.69, 9.17) is 0 Å². The second-order valence-electron chi connectivity index (χ2n) is 3.66. The van der Waals surface area contributed by atoms with Crippen LogP contribution in [0.4, 0.5) is 13.2 Å². The molecule has 0 atom stereocenters. The summed E-state index contributed by atoms with van der Waals surface area (Å²) in [6.45, 7) is 3.72. The lowest BCUT2D eigenvalue weighted by molar-refractivity contribution is -0.142. The van der Waals surface area contributed by atoms with Crippen LogP contribution >= 0.6 is 0 Å². The van der Waals surface area contributed by atoms with Gasteiger partial charge in [-0.05, 0) is 12.8 Å². The van der Waals surface area contributed by atoms with Crippen LogP contribution in [0.5, 0.6) is 0 Å². The zero-order valence-corrected chi connectivity index (χ0v) is 10.1. The molecule has 0 amide bonds. The minimum Gasteiger partial charge on any atom is -0.344 e. The maximum absolute atomic E-state index is 12.7. The van der Waals surface area contributed by atoms with Gasteiger partial charge in [0.05, 0.1) is 0 Å². The first-order chi connectivity index (χ1) is 7.49. The van der Waals surface area contributed by atoms with E-state index < -0.39 is 11.9 Å². The van der Waals surface area contributed by atoms with Crippen molar-refractivity contribution < 1.29 is 13.2 Å².